The van der Waals surface area contributed by atoms with Crippen molar-refractivity contribution in [1.29, 1.82) is 0 Å². The predicted octanol–water partition coefficient (Wildman–Crippen LogP) is 8.49. The van der Waals surface area contributed by atoms with Crippen molar-refractivity contribution in [3.8, 4) is 28.0 Å². The number of oxazole rings is 2. The maximum atomic E-state index is 6.14. The molecule has 0 spiro atoms. The van der Waals surface area contributed by atoms with Gasteiger partial charge in [-0.15, -0.1) is 11.3 Å². The minimum Gasteiger partial charge on any atom is -0.489 e. The Morgan fingerprint density at radius 1 is 0.652 bits per heavy atom. The van der Waals surface area contributed by atoms with Gasteiger partial charge in [-0.3, -0.25) is 0 Å². The molecule has 2 saturated carbocycles. The molecule has 0 radical (unpaired) electrons. The molecule has 46 heavy (non-hydrogen) atoms. The van der Waals surface area contributed by atoms with E-state index in [1.54, 1.807) is 11.3 Å². The van der Waals surface area contributed by atoms with Gasteiger partial charge < -0.3 is 29.8 Å². The van der Waals surface area contributed by atoms with Crippen LogP contribution in [0.3, 0.4) is 0 Å². The van der Waals surface area contributed by atoms with Crippen LogP contribution >= 0.6 is 11.3 Å². The van der Waals surface area contributed by atoms with Gasteiger partial charge in [-0.05, 0) is 92.8 Å². The molecule has 3 aromatic carbocycles. The first kappa shape index (κ1) is 30.6. The van der Waals surface area contributed by atoms with Crippen LogP contribution in [-0.2, 0) is 11.3 Å². The summed E-state index contributed by atoms with van der Waals surface area (Å²) in [5, 5.41) is 0. The number of hydrogen-bond acceptors (Lipinski definition) is 9. The molecule has 2 aliphatic carbocycles. The molecule has 3 heterocycles. The van der Waals surface area contributed by atoms with Crippen LogP contribution in [0.15, 0.2) is 93.8 Å². The van der Waals surface area contributed by atoms with Crippen LogP contribution in [0, 0.1) is 0 Å². The lowest BCUT2D eigenvalue weighted by Gasteiger charge is -2.29. The number of nitrogens with two attached hydrogens (primary N) is 2. The van der Waals surface area contributed by atoms with E-state index in [1.807, 2.05) is 72.8 Å². The van der Waals surface area contributed by atoms with Crippen molar-refractivity contribution in [2.24, 2.45) is 11.5 Å². The minimum atomic E-state index is 0.124. The molecule has 8 rings (SSSR count). The van der Waals surface area contributed by atoms with E-state index in [2.05, 4.69) is 22.1 Å². The third kappa shape index (κ3) is 7.18. The second-order valence-corrected chi connectivity index (χ2v) is 13.3. The van der Waals surface area contributed by atoms with Crippen LogP contribution in [0.2, 0.25) is 0 Å². The maximum absolute atomic E-state index is 6.14. The van der Waals surface area contributed by atoms with E-state index in [9.17, 15) is 0 Å². The van der Waals surface area contributed by atoms with Gasteiger partial charge in [0.1, 0.15) is 22.9 Å². The van der Waals surface area contributed by atoms with Crippen LogP contribution in [0.25, 0.3) is 44.4 Å². The van der Waals surface area contributed by atoms with E-state index in [1.165, 1.54) is 30.6 Å². The monoisotopic (exact) mass is 636 g/mol. The molecule has 4 atom stereocenters. The zero-order valence-electron chi connectivity index (χ0n) is 25.8. The van der Waals surface area contributed by atoms with Gasteiger partial charge >= 0.3 is 0 Å². The van der Waals surface area contributed by atoms with Gasteiger partial charge in [-0.1, -0.05) is 43.5 Å². The van der Waals surface area contributed by atoms with Crippen LogP contribution < -0.4 is 16.2 Å². The Kier molecular flexibility index (Phi) is 9.44. The van der Waals surface area contributed by atoms with Crippen molar-refractivity contribution in [1.82, 2.24) is 9.97 Å². The Labute approximate surface area is 272 Å². The molecule has 8 nitrogen and oxygen atoms in total. The second kappa shape index (κ2) is 14.2. The van der Waals surface area contributed by atoms with Gasteiger partial charge in [0.15, 0.2) is 11.2 Å². The van der Waals surface area contributed by atoms with E-state index in [4.69, 9.17) is 29.8 Å². The van der Waals surface area contributed by atoms with E-state index in [0.717, 1.165) is 64.1 Å². The molecule has 2 fully saturated rings. The number of hydrogen-bond donors (Lipinski definition) is 2. The molecule has 0 bridgehead atoms. The SMILES string of the molecule is NC1CCCCC1OCc1ccc(-c2nc3ccccc3o2)s1.NC1CCCCC1Oc1ccc(-c2nc3ccccc3o2)cc1. The fourth-order valence-electron chi connectivity index (χ4n) is 6.19. The van der Waals surface area contributed by atoms with Gasteiger partial charge in [0.25, 0.3) is 0 Å². The largest absolute Gasteiger partial charge is 0.489 e. The third-order valence-electron chi connectivity index (χ3n) is 8.80. The Morgan fingerprint density at radius 3 is 1.89 bits per heavy atom. The summed E-state index contributed by atoms with van der Waals surface area (Å²) in [6.07, 6.45) is 9.39. The van der Waals surface area contributed by atoms with Crippen molar-refractivity contribution in [2.45, 2.75) is 82.3 Å². The minimum absolute atomic E-state index is 0.124. The smallest absolute Gasteiger partial charge is 0.237 e. The zero-order valence-corrected chi connectivity index (χ0v) is 26.7. The fraction of sp³-hybridized carbons (Fsp3) is 0.351. The second-order valence-electron chi connectivity index (χ2n) is 12.2. The highest BCUT2D eigenvalue weighted by molar-refractivity contribution is 7.15. The summed E-state index contributed by atoms with van der Waals surface area (Å²) in [4.78, 5) is 11.3. The standard InChI is InChI=1S/C19H20N2O2.C18H20N2O2S/c20-15-5-1-3-7-17(15)22-14-11-9-13(10-12-14)19-21-16-6-2-4-8-18(16)23-19;19-13-5-1-3-7-15(13)21-11-12-9-10-17(23-12)18-20-14-6-2-4-8-16(14)22-18/h2,4,6,8-12,15,17H,1,3,5,7,20H2;2,4,6,8-10,13,15H,1,3,5,7,11,19H2. The third-order valence-corrected chi connectivity index (χ3v) is 9.84. The molecule has 6 aromatic rings. The molecule has 238 valence electrons. The summed E-state index contributed by atoms with van der Waals surface area (Å²) in [5.41, 5.74) is 16.6. The lowest BCUT2D eigenvalue weighted by molar-refractivity contribution is 0.00530. The number of aromatic nitrogens is 2. The highest BCUT2D eigenvalue weighted by Gasteiger charge is 2.24. The average Bonchev–Trinajstić information content (AvgIpc) is 3.84. The molecule has 4 unspecified atom stereocenters. The molecule has 2 aliphatic rings. The molecule has 0 amide bonds. The molecule has 0 saturated heterocycles. The van der Waals surface area contributed by atoms with Gasteiger partial charge in [-0.25, -0.2) is 9.97 Å². The van der Waals surface area contributed by atoms with Crippen LogP contribution in [0.5, 0.6) is 5.75 Å². The molecular weight excluding hydrogens is 596 g/mol. The number of ether oxygens (including phenoxy) is 2. The number of rotatable bonds is 7. The van der Waals surface area contributed by atoms with Crippen molar-refractivity contribution in [3.05, 3.63) is 89.8 Å². The number of para-hydroxylation sites is 4. The number of nitrogens with zero attached hydrogens (tertiary/aromatic N) is 2. The van der Waals surface area contributed by atoms with Crippen LogP contribution in [0.4, 0.5) is 0 Å². The lowest BCUT2D eigenvalue weighted by Crippen LogP contribution is -2.41. The Hall–Kier alpha value is -4.02. The summed E-state index contributed by atoms with van der Waals surface area (Å²) in [7, 11) is 0. The van der Waals surface area contributed by atoms with E-state index in [-0.39, 0.29) is 24.3 Å². The zero-order chi connectivity index (χ0) is 31.3. The topological polar surface area (TPSA) is 123 Å². The average molecular weight is 637 g/mol. The summed E-state index contributed by atoms with van der Waals surface area (Å²) < 4.78 is 23.7. The van der Waals surface area contributed by atoms with Crippen molar-refractivity contribution in [2.75, 3.05) is 0 Å². The first-order chi connectivity index (χ1) is 22.6. The Balaban J connectivity index is 0.000000147. The molecule has 3 aromatic heterocycles. The molecule has 4 N–H and O–H groups in total. The first-order valence-electron chi connectivity index (χ1n) is 16.3. The number of thiophene rings is 1. The van der Waals surface area contributed by atoms with Crippen molar-refractivity contribution in [3.63, 3.8) is 0 Å². The number of benzene rings is 3. The van der Waals surface area contributed by atoms with E-state index < -0.39 is 0 Å². The van der Waals surface area contributed by atoms with Gasteiger partial charge in [0.2, 0.25) is 11.8 Å². The summed E-state index contributed by atoms with van der Waals surface area (Å²) in [6, 6.07) is 27.9. The highest BCUT2D eigenvalue weighted by atomic mass is 32.1. The van der Waals surface area contributed by atoms with Crippen LogP contribution in [-0.4, -0.2) is 34.3 Å². The maximum Gasteiger partial charge on any atom is 0.237 e. The molecule has 9 heteroatoms. The quantitative estimate of drug-likeness (QED) is 0.179. The van der Waals surface area contributed by atoms with E-state index in [0.29, 0.717) is 18.4 Å². The van der Waals surface area contributed by atoms with Crippen molar-refractivity contribution >= 4 is 33.5 Å². The predicted molar refractivity (Wildman–Crippen MR) is 183 cm³/mol. The van der Waals surface area contributed by atoms with Gasteiger partial charge in [0, 0.05) is 22.5 Å². The molecular formula is C37H40N4O4S. The molecule has 0 aliphatic heterocycles. The van der Waals surface area contributed by atoms with Crippen LogP contribution in [0.1, 0.15) is 56.2 Å². The first-order valence-corrected chi connectivity index (χ1v) is 17.1. The normalized spacial score (nSPS) is 21.6. The summed E-state index contributed by atoms with van der Waals surface area (Å²) in [5.74, 6) is 2.16. The van der Waals surface area contributed by atoms with Gasteiger partial charge in [0.05, 0.1) is 17.6 Å². The van der Waals surface area contributed by atoms with Crippen molar-refractivity contribution < 1.29 is 18.3 Å². The summed E-state index contributed by atoms with van der Waals surface area (Å²) in [6.45, 7) is 0.614. The van der Waals surface area contributed by atoms with Gasteiger partial charge in [-0.2, -0.15) is 0 Å². The lowest BCUT2D eigenvalue weighted by atomic mass is 9.93. The Morgan fingerprint density at radius 2 is 1.24 bits per heavy atom. The van der Waals surface area contributed by atoms with E-state index >= 15 is 0 Å². The summed E-state index contributed by atoms with van der Waals surface area (Å²) >= 11 is 1.67. The highest BCUT2D eigenvalue weighted by Crippen LogP contribution is 2.32. The number of fused-ring (bicyclic) bond motifs is 2. The Bertz CT molecular complexity index is 1800. The fourth-order valence-corrected chi connectivity index (χ4v) is 7.04.